The van der Waals surface area contributed by atoms with Crippen LogP contribution in [0.3, 0.4) is 0 Å². The average molecular weight is 462 g/mol. The number of rotatable bonds is 6. The molecule has 27 heavy (non-hydrogen) atoms. The summed E-state index contributed by atoms with van der Waals surface area (Å²) in [7, 11) is 0. The molecule has 0 saturated heterocycles. The van der Waals surface area contributed by atoms with E-state index in [1.807, 2.05) is 24.3 Å². The molecule has 0 unspecified atom stereocenters. The van der Waals surface area contributed by atoms with Gasteiger partial charge in [-0.3, -0.25) is 4.79 Å². The van der Waals surface area contributed by atoms with Crippen LogP contribution in [0.5, 0.6) is 0 Å². The minimum absolute atomic E-state index is 0.283. The van der Waals surface area contributed by atoms with Gasteiger partial charge in [0.05, 0.1) is 0 Å². The molecule has 0 aliphatic rings. The van der Waals surface area contributed by atoms with E-state index >= 15 is 0 Å². The molecule has 0 bridgehead atoms. The van der Waals surface area contributed by atoms with E-state index in [1.54, 1.807) is 17.5 Å². The molecule has 1 heterocycles. The molecule has 3 aromatic rings. The highest BCUT2D eigenvalue weighted by atomic mass is 79.9. The lowest BCUT2D eigenvalue weighted by atomic mass is 10.1. The molecule has 138 valence electrons. The Morgan fingerprint density at radius 2 is 1.85 bits per heavy atom. The third-order valence-electron chi connectivity index (χ3n) is 3.58. The first-order valence-corrected chi connectivity index (χ1v) is 10.1. The van der Waals surface area contributed by atoms with E-state index in [0.717, 1.165) is 34.7 Å². The zero-order valence-corrected chi connectivity index (χ0v) is 17.3. The molecule has 3 N–H and O–H groups in total. The van der Waals surface area contributed by atoms with Crippen LogP contribution in [0.15, 0.2) is 58.4 Å². The highest BCUT2D eigenvalue weighted by Gasteiger charge is 2.08. The van der Waals surface area contributed by atoms with E-state index in [2.05, 4.69) is 53.6 Å². The summed E-state index contributed by atoms with van der Waals surface area (Å²) in [6.45, 7) is 0.734. The van der Waals surface area contributed by atoms with Gasteiger partial charge in [0.1, 0.15) is 0 Å². The molecule has 1 aromatic heterocycles. The van der Waals surface area contributed by atoms with Crippen LogP contribution >= 0.6 is 39.7 Å². The zero-order valence-electron chi connectivity index (χ0n) is 14.1. The van der Waals surface area contributed by atoms with Gasteiger partial charge in [0.25, 0.3) is 5.91 Å². The molecular formula is C18H16BrN5OS2. The third-order valence-corrected chi connectivity index (χ3v) is 4.83. The van der Waals surface area contributed by atoms with E-state index in [-0.39, 0.29) is 5.91 Å². The Bertz CT molecular complexity index is 916. The number of nitrogens with one attached hydrogen (secondary N) is 3. The van der Waals surface area contributed by atoms with Crippen molar-refractivity contribution in [2.75, 3.05) is 17.2 Å². The monoisotopic (exact) mass is 461 g/mol. The number of carbonyl (C=O) groups excluding carboxylic acids is 1. The molecule has 1 amide bonds. The van der Waals surface area contributed by atoms with Gasteiger partial charge < -0.3 is 16.0 Å². The van der Waals surface area contributed by atoms with Gasteiger partial charge in [-0.2, -0.15) is 0 Å². The van der Waals surface area contributed by atoms with Crippen LogP contribution in [-0.2, 0) is 6.42 Å². The number of carbonyl (C=O) groups is 1. The predicted molar refractivity (Wildman–Crippen MR) is 116 cm³/mol. The second-order valence-electron chi connectivity index (χ2n) is 5.58. The number of thiocarbonyl (C=S) groups is 1. The number of hydrogen-bond donors (Lipinski definition) is 3. The minimum atomic E-state index is -0.283. The number of aromatic nitrogens is 2. The van der Waals surface area contributed by atoms with Gasteiger partial charge in [0.2, 0.25) is 0 Å². The molecule has 0 saturated carbocycles. The van der Waals surface area contributed by atoms with Crippen LogP contribution < -0.4 is 16.0 Å². The van der Waals surface area contributed by atoms with Crippen molar-refractivity contribution in [3.8, 4) is 0 Å². The van der Waals surface area contributed by atoms with Crippen LogP contribution in [0.1, 0.15) is 16.1 Å². The summed E-state index contributed by atoms with van der Waals surface area (Å²) < 4.78 is 4.75. The maximum absolute atomic E-state index is 11.9. The quantitative estimate of drug-likeness (QED) is 0.479. The molecule has 0 spiro atoms. The topological polar surface area (TPSA) is 78.9 Å². The van der Waals surface area contributed by atoms with Crippen LogP contribution in [0.25, 0.3) is 0 Å². The molecule has 0 aliphatic heterocycles. The second-order valence-corrected chi connectivity index (χ2v) is 7.52. The Morgan fingerprint density at radius 3 is 2.52 bits per heavy atom. The van der Waals surface area contributed by atoms with Crippen LogP contribution in [0.2, 0.25) is 0 Å². The first-order chi connectivity index (χ1) is 13.1. The average Bonchev–Trinajstić information content (AvgIpc) is 3.18. The van der Waals surface area contributed by atoms with E-state index in [1.165, 1.54) is 5.56 Å². The van der Waals surface area contributed by atoms with Crippen molar-refractivity contribution in [1.82, 2.24) is 14.9 Å². The van der Waals surface area contributed by atoms with Crippen LogP contribution in [0, 0.1) is 0 Å². The molecule has 0 atom stereocenters. The molecule has 0 aliphatic carbocycles. The summed E-state index contributed by atoms with van der Waals surface area (Å²) in [6.07, 6.45) is 0.873. The van der Waals surface area contributed by atoms with E-state index in [4.69, 9.17) is 12.2 Å². The standard InChI is InChI=1S/C18H16BrN5OS2/c19-13-3-1-2-12(10-13)8-9-20-18(26)22-15-6-4-14(5-7-15)21-17(25)16-11-27-24-23-16/h1-7,10-11H,8-9H2,(H,21,25)(H2,20,22,26). The molecule has 6 nitrogen and oxygen atoms in total. The van der Waals surface area contributed by atoms with Crippen LogP contribution in [0.4, 0.5) is 11.4 Å². The molecule has 0 radical (unpaired) electrons. The number of halogens is 1. The zero-order chi connectivity index (χ0) is 19.1. The van der Waals surface area contributed by atoms with Crippen molar-refractivity contribution in [1.29, 1.82) is 0 Å². The highest BCUT2D eigenvalue weighted by molar-refractivity contribution is 9.10. The van der Waals surface area contributed by atoms with E-state index < -0.39 is 0 Å². The Balaban J connectivity index is 1.44. The molecule has 3 rings (SSSR count). The van der Waals surface area contributed by atoms with Crippen molar-refractivity contribution in [3.05, 3.63) is 69.6 Å². The van der Waals surface area contributed by atoms with Gasteiger partial charge in [0, 0.05) is 27.8 Å². The fourth-order valence-electron chi connectivity index (χ4n) is 2.28. The van der Waals surface area contributed by atoms with Gasteiger partial charge in [-0.25, -0.2) is 0 Å². The van der Waals surface area contributed by atoms with Crippen molar-refractivity contribution in [2.24, 2.45) is 0 Å². The van der Waals surface area contributed by atoms with Gasteiger partial charge in [-0.05, 0) is 72.1 Å². The van der Waals surface area contributed by atoms with E-state index in [9.17, 15) is 4.79 Å². The maximum Gasteiger partial charge on any atom is 0.277 e. The summed E-state index contributed by atoms with van der Waals surface area (Å²) in [6, 6.07) is 15.5. The number of hydrogen-bond acceptors (Lipinski definition) is 5. The van der Waals surface area contributed by atoms with Crippen LogP contribution in [-0.4, -0.2) is 27.2 Å². The summed E-state index contributed by atoms with van der Waals surface area (Å²) >= 11 is 9.92. The summed E-state index contributed by atoms with van der Waals surface area (Å²) in [4.78, 5) is 11.9. The SMILES string of the molecule is O=C(Nc1ccc(NC(=S)NCCc2cccc(Br)c2)cc1)c1csnn1. The van der Waals surface area contributed by atoms with E-state index in [0.29, 0.717) is 16.5 Å². The Kier molecular flexibility index (Phi) is 6.86. The normalized spacial score (nSPS) is 10.3. The van der Waals surface area contributed by atoms with Gasteiger partial charge >= 0.3 is 0 Å². The maximum atomic E-state index is 11.9. The van der Waals surface area contributed by atoms with Crippen molar-refractivity contribution in [2.45, 2.75) is 6.42 Å². The van der Waals surface area contributed by atoms with Gasteiger partial charge in [-0.15, -0.1) is 5.10 Å². The largest absolute Gasteiger partial charge is 0.362 e. The first-order valence-electron chi connectivity index (χ1n) is 8.08. The number of anilines is 2. The lowest BCUT2D eigenvalue weighted by molar-refractivity contribution is 0.102. The fraction of sp³-hybridized carbons (Fsp3) is 0.111. The smallest absolute Gasteiger partial charge is 0.277 e. The number of amides is 1. The summed E-state index contributed by atoms with van der Waals surface area (Å²) in [5.41, 5.74) is 3.04. The van der Waals surface area contributed by atoms with Gasteiger partial charge in [-0.1, -0.05) is 32.6 Å². The van der Waals surface area contributed by atoms with Crippen molar-refractivity contribution >= 4 is 62.1 Å². The molecule has 0 fully saturated rings. The number of benzene rings is 2. The van der Waals surface area contributed by atoms with Crippen molar-refractivity contribution < 1.29 is 4.79 Å². The molecule has 9 heteroatoms. The third kappa shape index (κ3) is 6.09. The fourth-order valence-corrected chi connectivity index (χ4v) is 3.39. The Morgan fingerprint density at radius 1 is 1.11 bits per heavy atom. The Labute approximate surface area is 174 Å². The first kappa shape index (κ1) is 19.4. The molecule has 2 aromatic carbocycles. The lowest BCUT2D eigenvalue weighted by Crippen LogP contribution is -2.30. The second kappa shape index (κ2) is 9.54. The highest BCUT2D eigenvalue weighted by Crippen LogP contribution is 2.15. The minimum Gasteiger partial charge on any atom is -0.362 e. The molecular weight excluding hydrogens is 446 g/mol. The van der Waals surface area contributed by atoms with Gasteiger partial charge in [0.15, 0.2) is 10.8 Å². The predicted octanol–water partition coefficient (Wildman–Crippen LogP) is 4.08. The number of nitrogens with zero attached hydrogens (tertiary/aromatic N) is 2. The van der Waals surface area contributed by atoms with Crippen molar-refractivity contribution in [3.63, 3.8) is 0 Å². The summed E-state index contributed by atoms with van der Waals surface area (Å²) in [5, 5.41) is 15.0. The lowest BCUT2D eigenvalue weighted by Gasteiger charge is -2.11. The summed E-state index contributed by atoms with van der Waals surface area (Å²) in [5.74, 6) is -0.283. The Hall–Kier alpha value is -2.36.